The molecule has 1 fully saturated rings. The standard InChI is InChI=1S/C15H20N2O/c1-2-3-10-9-14(10)17-15(18)12-4-5-13-11(8-12)6-7-16-13/h4-5,8,10,14,16H,2-3,6-7,9H2,1H3,(H,17,18). The van der Waals surface area contributed by atoms with Crippen molar-refractivity contribution in [1.29, 1.82) is 0 Å². The molecule has 1 saturated carbocycles. The average Bonchev–Trinajstić information content (AvgIpc) is 2.92. The third-order valence-electron chi connectivity index (χ3n) is 3.98. The molecule has 2 aliphatic rings. The first-order valence-corrected chi connectivity index (χ1v) is 6.95. The van der Waals surface area contributed by atoms with Crippen molar-refractivity contribution in [2.45, 2.75) is 38.6 Å². The molecule has 3 rings (SSSR count). The van der Waals surface area contributed by atoms with Gasteiger partial charge in [-0.15, -0.1) is 0 Å². The Bertz CT molecular complexity index is 470. The first-order valence-electron chi connectivity index (χ1n) is 6.95. The summed E-state index contributed by atoms with van der Waals surface area (Å²) in [4.78, 5) is 12.1. The lowest BCUT2D eigenvalue weighted by Crippen LogP contribution is -2.26. The third kappa shape index (κ3) is 2.22. The molecular weight excluding hydrogens is 224 g/mol. The molecule has 96 valence electrons. The Morgan fingerprint density at radius 2 is 2.39 bits per heavy atom. The molecule has 3 nitrogen and oxygen atoms in total. The molecular formula is C15H20N2O. The molecule has 2 N–H and O–H groups in total. The van der Waals surface area contributed by atoms with Gasteiger partial charge in [-0.05, 0) is 48.9 Å². The predicted molar refractivity (Wildman–Crippen MR) is 72.9 cm³/mol. The molecule has 18 heavy (non-hydrogen) atoms. The first-order chi connectivity index (χ1) is 8.78. The Balaban J connectivity index is 1.63. The van der Waals surface area contributed by atoms with E-state index in [1.807, 2.05) is 18.2 Å². The molecule has 0 bridgehead atoms. The van der Waals surface area contributed by atoms with Gasteiger partial charge in [0.05, 0.1) is 0 Å². The summed E-state index contributed by atoms with van der Waals surface area (Å²) < 4.78 is 0. The number of hydrogen-bond acceptors (Lipinski definition) is 2. The minimum absolute atomic E-state index is 0.0910. The number of carbonyl (C=O) groups is 1. The van der Waals surface area contributed by atoms with E-state index in [9.17, 15) is 4.79 Å². The normalized spacial score (nSPS) is 24.3. The maximum atomic E-state index is 12.1. The van der Waals surface area contributed by atoms with Crippen molar-refractivity contribution in [3.8, 4) is 0 Å². The van der Waals surface area contributed by atoms with Gasteiger partial charge in [-0.25, -0.2) is 0 Å². The molecule has 2 unspecified atom stereocenters. The smallest absolute Gasteiger partial charge is 0.251 e. The van der Waals surface area contributed by atoms with Gasteiger partial charge in [0, 0.05) is 23.8 Å². The van der Waals surface area contributed by atoms with Crippen LogP contribution in [0.1, 0.15) is 42.1 Å². The van der Waals surface area contributed by atoms with Crippen LogP contribution in [0.25, 0.3) is 0 Å². The van der Waals surface area contributed by atoms with Crippen molar-refractivity contribution in [2.24, 2.45) is 5.92 Å². The van der Waals surface area contributed by atoms with Crippen molar-refractivity contribution in [2.75, 3.05) is 11.9 Å². The summed E-state index contributed by atoms with van der Waals surface area (Å²) in [5.41, 5.74) is 3.25. The van der Waals surface area contributed by atoms with Crippen molar-refractivity contribution >= 4 is 11.6 Å². The minimum Gasteiger partial charge on any atom is -0.384 e. The summed E-state index contributed by atoms with van der Waals surface area (Å²) in [6, 6.07) is 6.39. The summed E-state index contributed by atoms with van der Waals surface area (Å²) >= 11 is 0. The van der Waals surface area contributed by atoms with E-state index in [4.69, 9.17) is 0 Å². The highest BCUT2D eigenvalue weighted by atomic mass is 16.1. The van der Waals surface area contributed by atoms with Crippen LogP contribution in [-0.4, -0.2) is 18.5 Å². The fraction of sp³-hybridized carbons (Fsp3) is 0.533. The number of benzene rings is 1. The second-order valence-electron chi connectivity index (χ2n) is 5.41. The van der Waals surface area contributed by atoms with Crippen molar-refractivity contribution in [3.05, 3.63) is 29.3 Å². The quantitative estimate of drug-likeness (QED) is 0.854. The number of carbonyl (C=O) groups excluding carboxylic acids is 1. The number of amides is 1. The van der Waals surface area contributed by atoms with Gasteiger partial charge in [0.1, 0.15) is 0 Å². The molecule has 0 radical (unpaired) electrons. The van der Waals surface area contributed by atoms with E-state index in [1.165, 1.54) is 24.1 Å². The molecule has 0 saturated heterocycles. The molecule has 1 heterocycles. The van der Waals surface area contributed by atoms with Crippen LogP contribution in [0.5, 0.6) is 0 Å². The van der Waals surface area contributed by atoms with E-state index >= 15 is 0 Å². The van der Waals surface area contributed by atoms with Gasteiger partial charge in [0.25, 0.3) is 5.91 Å². The molecule has 1 aromatic rings. The molecule has 1 aromatic carbocycles. The summed E-state index contributed by atoms with van der Waals surface area (Å²) in [6.45, 7) is 3.19. The molecule has 0 spiro atoms. The molecule has 1 aliphatic carbocycles. The van der Waals surface area contributed by atoms with E-state index in [-0.39, 0.29) is 5.91 Å². The van der Waals surface area contributed by atoms with Gasteiger partial charge in [0.2, 0.25) is 0 Å². The number of anilines is 1. The summed E-state index contributed by atoms with van der Waals surface area (Å²) in [5, 5.41) is 6.45. The van der Waals surface area contributed by atoms with Crippen LogP contribution in [0.2, 0.25) is 0 Å². The monoisotopic (exact) mass is 244 g/mol. The molecule has 0 aromatic heterocycles. The highest BCUT2D eigenvalue weighted by Gasteiger charge is 2.37. The Labute approximate surface area is 108 Å². The van der Waals surface area contributed by atoms with E-state index < -0.39 is 0 Å². The van der Waals surface area contributed by atoms with E-state index in [0.29, 0.717) is 6.04 Å². The maximum Gasteiger partial charge on any atom is 0.251 e. The van der Waals surface area contributed by atoms with Gasteiger partial charge in [-0.1, -0.05) is 13.3 Å². The second-order valence-corrected chi connectivity index (χ2v) is 5.41. The Hall–Kier alpha value is -1.51. The van der Waals surface area contributed by atoms with Crippen LogP contribution in [0, 0.1) is 5.92 Å². The number of hydrogen-bond donors (Lipinski definition) is 2. The van der Waals surface area contributed by atoms with Crippen LogP contribution in [-0.2, 0) is 6.42 Å². The highest BCUT2D eigenvalue weighted by molar-refractivity contribution is 5.95. The SMILES string of the molecule is CCCC1CC1NC(=O)c1ccc2c(c1)CCN2. The number of nitrogens with one attached hydrogen (secondary N) is 2. The van der Waals surface area contributed by atoms with E-state index in [0.717, 1.165) is 30.9 Å². The Morgan fingerprint density at radius 1 is 1.50 bits per heavy atom. The van der Waals surface area contributed by atoms with Crippen LogP contribution in [0.4, 0.5) is 5.69 Å². The van der Waals surface area contributed by atoms with Crippen molar-refractivity contribution < 1.29 is 4.79 Å². The lowest BCUT2D eigenvalue weighted by Gasteiger charge is -2.06. The fourth-order valence-corrected chi connectivity index (χ4v) is 2.81. The largest absolute Gasteiger partial charge is 0.384 e. The van der Waals surface area contributed by atoms with Crippen LogP contribution >= 0.6 is 0 Å². The van der Waals surface area contributed by atoms with Crippen molar-refractivity contribution in [3.63, 3.8) is 0 Å². The van der Waals surface area contributed by atoms with Crippen LogP contribution in [0.3, 0.4) is 0 Å². The molecule has 2 atom stereocenters. The Kier molecular flexibility index (Phi) is 2.98. The van der Waals surface area contributed by atoms with Crippen LogP contribution < -0.4 is 10.6 Å². The van der Waals surface area contributed by atoms with Gasteiger partial charge < -0.3 is 10.6 Å². The first kappa shape index (κ1) is 11.6. The number of rotatable bonds is 4. The van der Waals surface area contributed by atoms with E-state index in [1.54, 1.807) is 0 Å². The van der Waals surface area contributed by atoms with Crippen molar-refractivity contribution in [1.82, 2.24) is 5.32 Å². The minimum atomic E-state index is 0.0910. The molecule has 1 aliphatic heterocycles. The third-order valence-corrected chi connectivity index (χ3v) is 3.98. The summed E-state index contributed by atoms with van der Waals surface area (Å²) in [5.74, 6) is 0.809. The summed E-state index contributed by atoms with van der Waals surface area (Å²) in [6.07, 6.45) is 4.63. The lowest BCUT2D eigenvalue weighted by molar-refractivity contribution is 0.0949. The van der Waals surface area contributed by atoms with Gasteiger partial charge >= 0.3 is 0 Å². The molecule has 1 amide bonds. The fourth-order valence-electron chi connectivity index (χ4n) is 2.81. The maximum absolute atomic E-state index is 12.1. The van der Waals surface area contributed by atoms with Gasteiger partial charge in [-0.2, -0.15) is 0 Å². The van der Waals surface area contributed by atoms with Gasteiger partial charge in [0.15, 0.2) is 0 Å². The van der Waals surface area contributed by atoms with E-state index in [2.05, 4.69) is 17.6 Å². The van der Waals surface area contributed by atoms with Crippen LogP contribution in [0.15, 0.2) is 18.2 Å². The zero-order chi connectivity index (χ0) is 12.5. The number of fused-ring (bicyclic) bond motifs is 1. The lowest BCUT2D eigenvalue weighted by atomic mass is 10.1. The highest BCUT2D eigenvalue weighted by Crippen LogP contribution is 2.34. The Morgan fingerprint density at radius 3 is 3.22 bits per heavy atom. The van der Waals surface area contributed by atoms with Gasteiger partial charge in [-0.3, -0.25) is 4.79 Å². The zero-order valence-corrected chi connectivity index (χ0v) is 10.8. The molecule has 3 heteroatoms. The second kappa shape index (κ2) is 4.63. The zero-order valence-electron chi connectivity index (χ0n) is 10.8. The summed E-state index contributed by atoms with van der Waals surface area (Å²) in [7, 11) is 0. The average molecular weight is 244 g/mol. The topological polar surface area (TPSA) is 41.1 Å². The predicted octanol–water partition coefficient (Wildman–Crippen LogP) is 2.57.